The molecule has 7 heteroatoms. The minimum atomic E-state index is -0.376. The molecule has 23 heavy (non-hydrogen) atoms. The Labute approximate surface area is 132 Å². The van der Waals surface area contributed by atoms with Crippen molar-refractivity contribution in [3.8, 4) is 0 Å². The predicted molar refractivity (Wildman–Crippen MR) is 84.9 cm³/mol. The Kier molecular flexibility index (Phi) is 3.84. The average molecular weight is 309 g/mol. The highest BCUT2D eigenvalue weighted by molar-refractivity contribution is 5.92. The Morgan fingerprint density at radius 2 is 2.04 bits per heavy atom. The fourth-order valence-corrected chi connectivity index (χ4v) is 2.28. The lowest BCUT2D eigenvalue weighted by Crippen LogP contribution is -2.32. The van der Waals surface area contributed by atoms with Crippen molar-refractivity contribution in [3.63, 3.8) is 0 Å². The first kappa shape index (κ1) is 14.8. The summed E-state index contributed by atoms with van der Waals surface area (Å²) in [7, 11) is 1.64. The van der Waals surface area contributed by atoms with Crippen LogP contribution in [0.15, 0.2) is 47.7 Å². The number of carbonyl (C=O) groups is 1. The van der Waals surface area contributed by atoms with E-state index in [0.717, 1.165) is 0 Å². The van der Waals surface area contributed by atoms with Gasteiger partial charge < -0.3 is 9.88 Å². The second-order valence-corrected chi connectivity index (χ2v) is 5.16. The molecule has 0 aliphatic heterocycles. The second-order valence-electron chi connectivity index (χ2n) is 5.16. The summed E-state index contributed by atoms with van der Waals surface area (Å²) in [5.41, 5.74) is 0.865. The summed E-state index contributed by atoms with van der Waals surface area (Å²) in [6, 6.07) is 8.37. The number of fused-ring (bicyclic) bond motifs is 1. The quantitative estimate of drug-likeness (QED) is 0.792. The molecule has 0 saturated heterocycles. The molecule has 0 aliphatic carbocycles. The fraction of sp³-hybridized carbons (Fsp3) is 0.188. The van der Waals surface area contributed by atoms with E-state index in [1.807, 2.05) is 6.92 Å². The first-order valence-electron chi connectivity index (χ1n) is 7.10. The molecular weight excluding hydrogens is 294 g/mol. The Balaban J connectivity index is 1.95. The number of amides is 1. The second kappa shape index (κ2) is 5.96. The molecule has 3 rings (SSSR count). The van der Waals surface area contributed by atoms with Gasteiger partial charge in [0.15, 0.2) is 5.82 Å². The number of hydrogen-bond donors (Lipinski definition) is 1. The normalized spacial score (nSPS) is 12.1. The van der Waals surface area contributed by atoms with Gasteiger partial charge in [-0.3, -0.25) is 9.59 Å². The minimum Gasteiger partial charge on any atom is -0.331 e. The van der Waals surface area contributed by atoms with Gasteiger partial charge in [-0.05, 0) is 25.1 Å². The largest absolute Gasteiger partial charge is 0.331 e. The number of nitrogens with zero attached hydrogens (tertiary/aromatic N) is 4. The topological polar surface area (TPSA) is 91.8 Å². The highest BCUT2D eigenvalue weighted by Gasteiger charge is 2.22. The monoisotopic (exact) mass is 309 g/mol. The predicted octanol–water partition coefficient (Wildman–Crippen LogP) is 1.55. The number of para-hydroxylation sites is 1. The van der Waals surface area contributed by atoms with Crippen LogP contribution >= 0.6 is 0 Å². The number of rotatable bonds is 3. The number of carbonyl (C=O) groups excluding carboxylic acids is 1. The molecular formula is C16H15N5O2. The molecule has 2 aromatic heterocycles. The van der Waals surface area contributed by atoms with E-state index in [2.05, 4.69) is 19.9 Å². The van der Waals surface area contributed by atoms with Crippen LogP contribution in [-0.4, -0.2) is 37.8 Å². The van der Waals surface area contributed by atoms with E-state index >= 15 is 0 Å². The summed E-state index contributed by atoms with van der Waals surface area (Å²) >= 11 is 0. The lowest BCUT2D eigenvalue weighted by Gasteiger charge is -2.23. The van der Waals surface area contributed by atoms with Gasteiger partial charge in [0.1, 0.15) is 6.33 Å². The summed E-state index contributed by atoms with van der Waals surface area (Å²) in [4.78, 5) is 41.0. The maximum Gasteiger partial charge on any atom is 0.290 e. The molecule has 0 radical (unpaired) electrons. The maximum absolute atomic E-state index is 12.6. The van der Waals surface area contributed by atoms with Crippen LogP contribution in [0.1, 0.15) is 29.3 Å². The summed E-state index contributed by atoms with van der Waals surface area (Å²) < 4.78 is 0. The van der Waals surface area contributed by atoms with Gasteiger partial charge in [-0.1, -0.05) is 12.1 Å². The average Bonchev–Trinajstić information content (AvgIpc) is 2.60. The van der Waals surface area contributed by atoms with E-state index in [-0.39, 0.29) is 23.3 Å². The Hall–Kier alpha value is -3.09. The highest BCUT2D eigenvalue weighted by Crippen LogP contribution is 2.17. The lowest BCUT2D eigenvalue weighted by molar-refractivity contribution is 0.0727. The zero-order valence-electron chi connectivity index (χ0n) is 12.7. The maximum atomic E-state index is 12.6. The standard InChI is InChI=1S/C16H15N5O2/c1-10(12-7-8-17-9-18-12)21(2)16(23)14-19-13-6-4-3-5-11(13)15(22)20-14/h3-10H,1-2H3,(H,19,20,22). The van der Waals surface area contributed by atoms with Crippen molar-refractivity contribution in [1.29, 1.82) is 0 Å². The molecule has 1 amide bonds. The van der Waals surface area contributed by atoms with Crippen molar-refractivity contribution in [2.24, 2.45) is 0 Å². The van der Waals surface area contributed by atoms with Gasteiger partial charge in [-0.15, -0.1) is 0 Å². The molecule has 0 spiro atoms. The molecule has 0 bridgehead atoms. The van der Waals surface area contributed by atoms with Gasteiger partial charge in [0.05, 0.1) is 22.6 Å². The van der Waals surface area contributed by atoms with Crippen LogP contribution in [0.5, 0.6) is 0 Å². The zero-order valence-corrected chi connectivity index (χ0v) is 12.7. The Bertz CT molecular complexity index is 907. The van der Waals surface area contributed by atoms with Gasteiger partial charge in [0.2, 0.25) is 0 Å². The van der Waals surface area contributed by atoms with Crippen molar-refractivity contribution in [1.82, 2.24) is 24.8 Å². The van der Waals surface area contributed by atoms with Crippen LogP contribution in [-0.2, 0) is 0 Å². The van der Waals surface area contributed by atoms with Crippen molar-refractivity contribution in [2.75, 3.05) is 7.05 Å². The number of benzene rings is 1. The molecule has 0 fully saturated rings. The van der Waals surface area contributed by atoms with Crippen molar-refractivity contribution in [2.45, 2.75) is 13.0 Å². The molecule has 0 aliphatic rings. The van der Waals surface area contributed by atoms with Gasteiger partial charge >= 0.3 is 0 Å². The number of aromatic nitrogens is 4. The van der Waals surface area contributed by atoms with Crippen molar-refractivity contribution >= 4 is 16.8 Å². The van der Waals surface area contributed by atoms with Crippen LogP contribution in [0.25, 0.3) is 10.9 Å². The summed E-state index contributed by atoms with van der Waals surface area (Å²) in [6.45, 7) is 1.85. The van der Waals surface area contributed by atoms with E-state index in [0.29, 0.717) is 16.6 Å². The molecule has 1 N–H and O–H groups in total. The smallest absolute Gasteiger partial charge is 0.290 e. The number of aromatic amines is 1. The number of nitrogens with one attached hydrogen (secondary N) is 1. The molecule has 1 atom stereocenters. The first-order chi connectivity index (χ1) is 11.1. The molecule has 1 aromatic carbocycles. The van der Waals surface area contributed by atoms with E-state index in [4.69, 9.17) is 0 Å². The molecule has 2 heterocycles. The van der Waals surface area contributed by atoms with E-state index < -0.39 is 0 Å². The van der Waals surface area contributed by atoms with Crippen LogP contribution < -0.4 is 5.56 Å². The first-order valence-corrected chi connectivity index (χ1v) is 7.10. The summed E-state index contributed by atoms with van der Waals surface area (Å²) in [6.07, 6.45) is 3.05. The summed E-state index contributed by atoms with van der Waals surface area (Å²) in [5, 5.41) is 0.454. The SMILES string of the molecule is CC(c1ccncn1)N(C)C(=O)c1nc2ccccc2c(=O)[nH]1. The van der Waals surface area contributed by atoms with Crippen molar-refractivity contribution in [3.05, 3.63) is 64.7 Å². The number of hydrogen-bond acceptors (Lipinski definition) is 5. The molecule has 3 aromatic rings. The van der Waals surface area contributed by atoms with E-state index in [1.165, 1.54) is 11.2 Å². The zero-order chi connectivity index (χ0) is 16.4. The van der Waals surface area contributed by atoms with Crippen molar-refractivity contribution < 1.29 is 4.79 Å². The number of H-pyrrole nitrogens is 1. The molecule has 7 nitrogen and oxygen atoms in total. The van der Waals surface area contributed by atoms with Crippen LogP contribution in [0, 0.1) is 0 Å². The van der Waals surface area contributed by atoms with Crippen LogP contribution in [0.4, 0.5) is 0 Å². The lowest BCUT2D eigenvalue weighted by atomic mass is 10.2. The fourth-order valence-electron chi connectivity index (χ4n) is 2.28. The van der Waals surface area contributed by atoms with E-state index in [9.17, 15) is 9.59 Å². The minimum absolute atomic E-state index is 0.0112. The third kappa shape index (κ3) is 2.80. The van der Waals surface area contributed by atoms with Gasteiger partial charge in [0.25, 0.3) is 11.5 Å². The molecule has 1 unspecified atom stereocenters. The van der Waals surface area contributed by atoms with Crippen LogP contribution in [0.3, 0.4) is 0 Å². The third-order valence-corrected chi connectivity index (χ3v) is 3.75. The van der Waals surface area contributed by atoms with Crippen LogP contribution in [0.2, 0.25) is 0 Å². The van der Waals surface area contributed by atoms with E-state index in [1.54, 1.807) is 43.6 Å². The molecule has 0 saturated carbocycles. The summed E-state index contributed by atoms with van der Waals surface area (Å²) in [5.74, 6) is -0.365. The van der Waals surface area contributed by atoms with Gasteiger partial charge in [-0.25, -0.2) is 15.0 Å². The van der Waals surface area contributed by atoms with Gasteiger partial charge in [-0.2, -0.15) is 0 Å². The Morgan fingerprint density at radius 3 is 2.78 bits per heavy atom. The third-order valence-electron chi connectivity index (χ3n) is 3.75. The Morgan fingerprint density at radius 1 is 1.26 bits per heavy atom. The van der Waals surface area contributed by atoms with Gasteiger partial charge in [0, 0.05) is 13.2 Å². The molecule has 116 valence electrons. The highest BCUT2D eigenvalue weighted by atomic mass is 16.2.